The number of nitrogens with one attached hydrogen (secondary N) is 1. The number of benzene rings is 1. The van der Waals surface area contributed by atoms with Crippen molar-refractivity contribution < 1.29 is 13.7 Å². The Morgan fingerprint density at radius 2 is 2.11 bits per heavy atom. The molecule has 1 N–H and O–H groups in total. The van der Waals surface area contributed by atoms with E-state index in [0.717, 1.165) is 19.4 Å². The molecular formula is C18H16Cl2N4O3. The summed E-state index contributed by atoms with van der Waals surface area (Å²) in [6, 6.07) is 8.18. The van der Waals surface area contributed by atoms with Gasteiger partial charge in [0, 0.05) is 15.7 Å². The molecule has 0 aliphatic carbocycles. The van der Waals surface area contributed by atoms with Gasteiger partial charge in [-0.15, -0.1) is 0 Å². The van der Waals surface area contributed by atoms with Crippen LogP contribution in [0.1, 0.15) is 18.7 Å². The first-order valence-electron chi connectivity index (χ1n) is 8.46. The fraction of sp³-hybridized carbons (Fsp3) is 0.278. The van der Waals surface area contributed by atoms with Crippen molar-refractivity contribution in [2.75, 3.05) is 11.9 Å². The third kappa shape index (κ3) is 4.16. The highest BCUT2D eigenvalue weighted by molar-refractivity contribution is 6.35. The summed E-state index contributed by atoms with van der Waals surface area (Å²) in [6.07, 6.45) is 3.21. The van der Waals surface area contributed by atoms with Crippen LogP contribution < -0.4 is 5.32 Å². The molecule has 1 aliphatic rings. The van der Waals surface area contributed by atoms with Crippen molar-refractivity contribution in [1.29, 1.82) is 0 Å². The van der Waals surface area contributed by atoms with E-state index >= 15 is 0 Å². The average molecular weight is 407 g/mol. The van der Waals surface area contributed by atoms with Gasteiger partial charge >= 0.3 is 0 Å². The van der Waals surface area contributed by atoms with Crippen molar-refractivity contribution in [3.63, 3.8) is 0 Å². The summed E-state index contributed by atoms with van der Waals surface area (Å²) in [5, 5.41) is 7.74. The lowest BCUT2D eigenvalue weighted by Crippen LogP contribution is -2.39. The highest BCUT2D eigenvalue weighted by Crippen LogP contribution is 2.25. The number of aromatic nitrogens is 2. The topological polar surface area (TPSA) is 84.4 Å². The van der Waals surface area contributed by atoms with E-state index in [-0.39, 0.29) is 11.9 Å². The standard InChI is InChI=1S/C18H16Cl2N4O3/c19-11-7-12(20)9-13(8-11)21-18(25)14-3-1-5-24(14)10-16-22-17(23-27-16)15-4-2-6-26-15/h2,4,6-9,14H,1,3,5,10H2,(H,21,25)/t14-/m0/s1. The third-order valence-electron chi connectivity index (χ3n) is 4.34. The number of rotatable bonds is 5. The smallest absolute Gasteiger partial charge is 0.241 e. The molecule has 7 nitrogen and oxygen atoms in total. The summed E-state index contributed by atoms with van der Waals surface area (Å²) in [7, 11) is 0. The van der Waals surface area contributed by atoms with Gasteiger partial charge in [-0.05, 0) is 49.7 Å². The molecule has 3 heterocycles. The molecule has 3 aromatic rings. The Balaban J connectivity index is 1.43. The first-order valence-corrected chi connectivity index (χ1v) is 9.21. The van der Waals surface area contributed by atoms with Crippen LogP contribution in [0, 0.1) is 0 Å². The summed E-state index contributed by atoms with van der Waals surface area (Å²) in [5.41, 5.74) is 0.572. The number of hydrogen-bond acceptors (Lipinski definition) is 6. The molecule has 2 aromatic heterocycles. The monoisotopic (exact) mass is 406 g/mol. The van der Waals surface area contributed by atoms with Gasteiger partial charge in [0.25, 0.3) is 0 Å². The van der Waals surface area contributed by atoms with Gasteiger partial charge in [0.2, 0.25) is 17.6 Å². The molecule has 9 heteroatoms. The zero-order chi connectivity index (χ0) is 18.8. The summed E-state index contributed by atoms with van der Waals surface area (Å²) in [5.74, 6) is 1.26. The number of carbonyl (C=O) groups excluding carboxylic acids is 1. The predicted molar refractivity (Wildman–Crippen MR) is 101 cm³/mol. The van der Waals surface area contributed by atoms with Crippen molar-refractivity contribution in [2.24, 2.45) is 0 Å². The molecule has 27 heavy (non-hydrogen) atoms. The second kappa shape index (κ2) is 7.72. The number of halogens is 2. The molecule has 4 rings (SSSR count). The number of furan rings is 1. The molecule has 0 spiro atoms. The molecule has 1 atom stereocenters. The van der Waals surface area contributed by atoms with E-state index in [1.54, 1.807) is 36.6 Å². The minimum absolute atomic E-state index is 0.114. The van der Waals surface area contributed by atoms with E-state index in [0.29, 0.717) is 39.8 Å². The van der Waals surface area contributed by atoms with E-state index in [9.17, 15) is 4.79 Å². The normalized spacial score (nSPS) is 17.3. The number of nitrogens with zero attached hydrogens (tertiary/aromatic N) is 3. The van der Waals surface area contributed by atoms with Crippen molar-refractivity contribution in [2.45, 2.75) is 25.4 Å². The molecule has 1 saturated heterocycles. The van der Waals surface area contributed by atoms with Gasteiger partial charge in [0.15, 0.2) is 5.76 Å². The molecule has 0 saturated carbocycles. The van der Waals surface area contributed by atoms with E-state index in [1.807, 2.05) is 4.90 Å². The molecule has 1 aromatic carbocycles. The minimum Gasteiger partial charge on any atom is -0.461 e. The summed E-state index contributed by atoms with van der Waals surface area (Å²) in [6.45, 7) is 1.16. The maximum Gasteiger partial charge on any atom is 0.241 e. The Morgan fingerprint density at radius 3 is 2.85 bits per heavy atom. The van der Waals surface area contributed by atoms with Crippen LogP contribution in [0.25, 0.3) is 11.6 Å². The van der Waals surface area contributed by atoms with Gasteiger partial charge in [0.05, 0.1) is 18.8 Å². The van der Waals surface area contributed by atoms with Crippen LogP contribution in [0.3, 0.4) is 0 Å². The Labute approximate surface area is 165 Å². The molecule has 140 valence electrons. The van der Waals surface area contributed by atoms with Crippen LogP contribution in [0.4, 0.5) is 5.69 Å². The van der Waals surface area contributed by atoms with E-state index < -0.39 is 0 Å². The van der Waals surface area contributed by atoms with Gasteiger partial charge in [-0.1, -0.05) is 28.4 Å². The van der Waals surface area contributed by atoms with Crippen molar-refractivity contribution in [3.8, 4) is 11.6 Å². The highest BCUT2D eigenvalue weighted by atomic mass is 35.5. The fourth-order valence-corrected chi connectivity index (χ4v) is 3.69. The molecule has 1 aliphatic heterocycles. The molecule has 0 bridgehead atoms. The number of anilines is 1. The number of carbonyl (C=O) groups is 1. The summed E-state index contributed by atoms with van der Waals surface area (Å²) in [4.78, 5) is 19.1. The first-order chi connectivity index (χ1) is 13.1. The predicted octanol–water partition coefficient (Wildman–Crippen LogP) is 4.24. The van der Waals surface area contributed by atoms with Crippen LogP contribution >= 0.6 is 23.2 Å². The van der Waals surface area contributed by atoms with E-state index in [2.05, 4.69) is 15.5 Å². The van der Waals surface area contributed by atoms with E-state index in [1.165, 1.54) is 0 Å². The lowest BCUT2D eigenvalue weighted by atomic mass is 10.2. The highest BCUT2D eigenvalue weighted by Gasteiger charge is 2.32. The number of amides is 1. The fourth-order valence-electron chi connectivity index (χ4n) is 3.16. The number of likely N-dealkylation sites (tertiary alicyclic amines) is 1. The molecular weight excluding hydrogens is 391 g/mol. The SMILES string of the molecule is O=C(Nc1cc(Cl)cc(Cl)c1)[C@@H]1CCCN1Cc1nc(-c2ccco2)no1. The van der Waals surface area contributed by atoms with Crippen molar-refractivity contribution >= 4 is 34.8 Å². The van der Waals surface area contributed by atoms with Crippen LogP contribution in [0.2, 0.25) is 10.0 Å². The zero-order valence-electron chi connectivity index (χ0n) is 14.2. The summed E-state index contributed by atoms with van der Waals surface area (Å²) >= 11 is 12.0. The maximum atomic E-state index is 12.7. The van der Waals surface area contributed by atoms with Gasteiger partial charge in [-0.2, -0.15) is 4.98 Å². The van der Waals surface area contributed by atoms with Gasteiger partial charge < -0.3 is 14.3 Å². The largest absolute Gasteiger partial charge is 0.461 e. The van der Waals surface area contributed by atoms with Gasteiger partial charge in [-0.25, -0.2) is 0 Å². The Hall–Kier alpha value is -2.35. The first kappa shape index (κ1) is 18.0. The maximum absolute atomic E-state index is 12.7. The lowest BCUT2D eigenvalue weighted by Gasteiger charge is -2.22. The molecule has 0 radical (unpaired) electrons. The van der Waals surface area contributed by atoms with Crippen LogP contribution in [-0.4, -0.2) is 33.5 Å². The second-order valence-electron chi connectivity index (χ2n) is 6.26. The quantitative estimate of drug-likeness (QED) is 0.681. The Bertz CT molecular complexity index is 922. The lowest BCUT2D eigenvalue weighted by molar-refractivity contribution is -0.120. The van der Waals surface area contributed by atoms with Crippen molar-refractivity contribution in [1.82, 2.24) is 15.0 Å². The van der Waals surface area contributed by atoms with Gasteiger partial charge in [0.1, 0.15) is 0 Å². The molecule has 0 unspecified atom stereocenters. The Morgan fingerprint density at radius 1 is 1.30 bits per heavy atom. The van der Waals surface area contributed by atoms with Crippen molar-refractivity contribution in [3.05, 3.63) is 52.5 Å². The molecule has 1 fully saturated rings. The third-order valence-corrected chi connectivity index (χ3v) is 4.78. The summed E-state index contributed by atoms with van der Waals surface area (Å²) < 4.78 is 10.6. The molecule has 1 amide bonds. The van der Waals surface area contributed by atoms with Crippen LogP contribution in [0.5, 0.6) is 0 Å². The van der Waals surface area contributed by atoms with E-state index in [4.69, 9.17) is 32.1 Å². The minimum atomic E-state index is -0.290. The van der Waals surface area contributed by atoms with Crippen LogP contribution in [0.15, 0.2) is 45.5 Å². The van der Waals surface area contributed by atoms with Gasteiger partial charge in [-0.3, -0.25) is 9.69 Å². The average Bonchev–Trinajstić information content (AvgIpc) is 3.35. The number of hydrogen-bond donors (Lipinski definition) is 1. The second-order valence-corrected chi connectivity index (χ2v) is 7.14. The Kier molecular flexibility index (Phi) is 5.15. The van der Waals surface area contributed by atoms with Crippen LogP contribution in [-0.2, 0) is 11.3 Å². The zero-order valence-corrected chi connectivity index (χ0v) is 15.7.